The maximum atomic E-state index is 13.5. The van der Waals surface area contributed by atoms with Crippen molar-refractivity contribution in [2.75, 3.05) is 13.2 Å². The smallest absolute Gasteiger partial charge is 0.251 e. The molecule has 4 rings (SSSR count). The second-order valence-electron chi connectivity index (χ2n) is 9.67. The van der Waals surface area contributed by atoms with Gasteiger partial charge in [-0.15, -0.1) is 0 Å². The Morgan fingerprint density at radius 2 is 1.91 bits per heavy atom. The van der Waals surface area contributed by atoms with E-state index in [4.69, 9.17) is 22.1 Å². The van der Waals surface area contributed by atoms with E-state index < -0.39 is 5.82 Å². The molecule has 5 nitrogen and oxygen atoms in total. The highest BCUT2D eigenvalue weighted by Crippen LogP contribution is 2.43. The third kappa shape index (κ3) is 5.09. The predicted octanol–water partition coefficient (Wildman–Crippen LogP) is 5.31. The number of halogens is 2. The normalized spacial score (nSPS) is 23.1. The molecule has 0 saturated carbocycles. The zero-order valence-corrected chi connectivity index (χ0v) is 21.0. The maximum absolute atomic E-state index is 13.5. The molecular formula is C27H35ClFN3O2. The molecule has 1 amide bonds. The fraction of sp³-hybridized carbons (Fsp3) is 0.519. The summed E-state index contributed by atoms with van der Waals surface area (Å²) < 4.78 is 19.4. The number of nitrogens with one attached hydrogen (secondary N) is 1. The third-order valence-corrected chi connectivity index (χ3v) is 7.88. The largest absolute Gasteiger partial charge is 0.493 e. The number of ether oxygens (including phenoxy) is 1. The SMILES string of the molecule is Cc1c(OCCCN)ccc(C(C)N2C3CCC2CC(NC(=O)c2ccc(F)c(Cl)c2)C3)c1C. The van der Waals surface area contributed by atoms with Crippen molar-refractivity contribution in [1.82, 2.24) is 10.2 Å². The number of nitrogens with zero attached hydrogens (tertiary/aromatic N) is 1. The van der Waals surface area contributed by atoms with Gasteiger partial charge >= 0.3 is 0 Å². The Balaban J connectivity index is 1.43. The van der Waals surface area contributed by atoms with Crippen LogP contribution < -0.4 is 15.8 Å². The van der Waals surface area contributed by atoms with E-state index in [2.05, 4.69) is 43.1 Å². The summed E-state index contributed by atoms with van der Waals surface area (Å²) in [5.74, 6) is 0.232. The Morgan fingerprint density at radius 1 is 1.21 bits per heavy atom. The van der Waals surface area contributed by atoms with E-state index in [1.165, 1.54) is 34.9 Å². The third-order valence-electron chi connectivity index (χ3n) is 7.59. The van der Waals surface area contributed by atoms with Crippen molar-refractivity contribution in [2.45, 2.75) is 77.0 Å². The molecule has 3 N–H and O–H groups in total. The predicted molar refractivity (Wildman–Crippen MR) is 134 cm³/mol. The van der Waals surface area contributed by atoms with Gasteiger partial charge in [-0.05, 0) is 100 Å². The summed E-state index contributed by atoms with van der Waals surface area (Å²) in [4.78, 5) is 15.4. The number of nitrogens with two attached hydrogens (primary N) is 1. The number of carbonyl (C=O) groups excluding carboxylic acids is 1. The molecule has 2 aromatic rings. The van der Waals surface area contributed by atoms with Gasteiger partial charge < -0.3 is 15.8 Å². The van der Waals surface area contributed by atoms with E-state index in [1.54, 1.807) is 0 Å². The van der Waals surface area contributed by atoms with E-state index in [0.717, 1.165) is 37.9 Å². The zero-order chi connectivity index (χ0) is 24.4. The number of hydrogen-bond donors (Lipinski definition) is 2. The Hall–Kier alpha value is -2.15. The van der Waals surface area contributed by atoms with Gasteiger partial charge in [0, 0.05) is 29.7 Å². The van der Waals surface area contributed by atoms with Crippen LogP contribution in [0.5, 0.6) is 5.75 Å². The quantitative estimate of drug-likeness (QED) is 0.495. The molecule has 7 heteroatoms. The van der Waals surface area contributed by atoms with Gasteiger partial charge in [0.2, 0.25) is 0 Å². The average Bonchev–Trinajstić information content (AvgIpc) is 3.08. The number of fused-ring (bicyclic) bond motifs is 2. The van der Waals surface area contributed by atoms with Crippen LogP contribution in [0.15, 0.2) is 30.3 Å². The summed E-state index contributed by atoms with van der Waals surface area (Å²) in [6.07, 6.45) is 4.96. The number of piperidine rings is 1. The molecule has 0 spiro atoms. The van der Waals surface area contributed by atoms with Gasteiger partial charge in [0.15, 0.2) is 0 Å². The Bertz CT molecular complexity index is 1030. The molecule has 0 radical (unpaired) electrons. The van der Waals surface area contributed by atoms with E-state index in [-0.39, 0.29) is 17.0 Å². The van der Waals surface area contributed by atoms with Crippen LogP contribution in [0.4, 0.5) is 4.39 Å². The molecule has 3 atom stereocenters. The summed E-state index contributed by atoms with van der Waals surface area (Å²) in [6, 6.07) is 9.67. The van der Waals surface area contributed by atoms with Crippen LogP contribution in [0.25, 0.3) is 0 Å². The lowest BCUT2D eigenvalue weighted by molar-refractivity contribution is 0.0689. The number of hydrogen-bond acceptors (Lipinski definition) is 4. The second kappa shape index (κ2) is 10.6. The molecule has 2 fully saturated rings. The Morgan fingerprint density at radius 3 is 2.56 bits per heavy atom. The van der Waals surface area contributed by atoms with Crippen LogP contribution in [0, 0.1) is 19.7 Å². The van der Waals surface area contributed by atoms with Crippen LogP contribution in [0.3, 0.4) is 0 Å². The molecule has 2 aliphatic rings. The lowest BCUT2D eigenvalue weighted by atomic mass is 9.91. The minimum Gasteiger partial charge on any atom is -0.493 e. The lowest BCUT2D eigenvalue weighted by Crippen LogP contribution is -2.51. The highest BCUT2D eigenvalue weighted by atomic mass is 35.5. The second-order valence-corrected chi connectivity index (χ2v) is 10.1. The Kier molecular flexibility index (Phi) is 7.80. The van der Waals surface area contributed by atoms with Gasteiger partial charge in [0.05, 0.1) is 11.6 Å². The van der Waals surface area contributed by atoms with Crippen molar-refractivity contribution in [3.8, 4) is 5.75 Å². The van der Waals surface area contributed by atoms with E-state index in [9.17, 15) is 9.18 Å². The molecule has 2 heterocycles. The van der Waals surface area contributed by atoms with Gasteiger partial charge in [0.25, 0.3) is 5.91 Å². The highest BCUT2D eigenvalue weighted by molar-refractivity contribution is 6.31. The summed E-state index contributed by atoms with van der Waals surface area (Å²) in [5, 5.41) is 3.13. The van der Waals surface area contributed by atoms with E-state index in [0.29, 0.717) is 36.8 Å². The molecule has 2 saturated heterocycles. The standard InChI is InChI=1S/C27H35ClFN3O2/c1-16-17(2)26(34-12-4-11-30)10-8-23(16)18(3)32-21-6-7-22(32)15-20(14-21)31-27(33)19-5-9-25(29)24(28)13-19/h5,8-10,13,18,20-22H,4,6-7,11-12,14-15,30H2,1-3H3,(H,31,33). The first kappa shape index (κ1) is 25.0. The minimum absolute atomic E-state index is 0.0298. The van der Waals surface area contributed by atoms with Gasteiger partial charge in [-0.25, -0.2) is 4.39 Å². The highest BCUT2D eigenvalue weighted by Gasteiger charge is 2.43. The molecule has 2 aromatic carbocycles. The molecule has 0 aliphatic carbocycles. The van der Waals surface area contributed by atoms with E-state index in [1.807, 2.05) is 0 Å². The van der Waals surface area contributed by atoms with Crippen LogP contribution in [-0.2, 0) is 0 Å². The molecule has 0 aromatic heterocycles. The maximum Gasteiger partial charge on any atom is 0.251 e. The minimum atomic E-state index is -0.515. The first-order chi connectivity index (χ1) is 16.3. The average molecular weight is 488 g/mol. The van der Waals surface area contributed by atoms with Gasteiger partial charge in [0.1, 0.15) is 11.6 Å². The van der Waals surface area contributed by atoms with Crippen LogP contribution in [0.1, 0.15) is 72.1 Å². The van der Waals surface area contributed by atoms with Gasteiger partial charge in [-0.2, -0.15) is 0 Å². The van der Waals surface area contributed by atoms with Crippen molar-refractivity contribution in [2.24, 2.45) is 5.73 Å². The Labute approximate surface area is 206 Å². The van der Waals surface area contributed by atoms with Crippen molar-refractivity contribution >= 4 is 17.5 Å². The first-order valence-electron chi connectivity index (χ1n) is 12.3. The number of carbonyl (C=O) groups is 1. The fourth-order valence-corrected chi connectivity index (χ4v) is 5.90. The van der Waals surface area contributed by atoms with Crippen molar-refractivity contribution in [3.05, 3.63) is 63.4 Å². The topological polar surface area (TPSA) is 67.6 Å². The van der Waals surface area contributed by atoms with Crippen molar-refractivity contribution in [3.63, 3.8) is 0 Å². The fourth-order valence-electron chi connectivity index (χ4n) is 5.72. The lowest BCUT2D eigenvalue weighted by Gasteiger charge is -2.43. The van der Waals surface area contributed by atoms with Crippen LogP contribution in [-0.4, -0.2) is 42.1 Å². The molecular weight excluding hydrogens is 453 g/mol. The number of amides is 1. The first-order valence-corrected chi connectivity index (χ1v) is 12.6. The zero-order valence-electron chi connectivity index (χ0n) is 20.2. The molecule has 3 unspecified atom stereocenters. The number of rotatable bonds is 8. The number of benzene rings is 2. The van der Waals surface area contributed by atoms with Crippen LogP contribution in [0.2, 0.25) is 5.02 Å². The summed E-state index contributed by atoms with van der Waals surface area (Å²) in [7, 11) is 0. The molecule has 2 bridgehead atoms. The summed E-state index contributed by atoms with van der Waals surface area (Å²) in [5.41, 5.74) is 9.79. The molecule has 34 heavy (non-hydrogen) atoms. The van der Waals surface area contributed by atoms with Crippen molar-refractivity contribution < 1.29 is 13.9 Å². The van der Waals surface area contributed by atoms with Gasteiger partial charge in [-0.3, -0.25) is 9.69 Å². The van der Waals surface area contributed by atoms with E-state index >= 15 is 0 Å². The monoisotopic (exact) mass is 487 g/mol. The molecule has 2 aliphatic heterocycles. The van der Waals surface area contributed by atoms with Crippen LogP contribution >= 0.6 is 11.6 Å². The summed E-state index contributed by atoms with van der Waals surface area (Å²) in [6.45, 7) is 7.87. The van der Waals surface area contributed by atoms with Crippen molar-refractivity contribution in [1.29, 1.82) is 0 Å². The molecule has 184 valence electrons. The van der Waals surface area contributed by atoms with Gasteiger partial charge in [-0.1, -0.05) is 17.7 Å². The summed E-state index contributed by atoms with van der Waals surface area (Å²) >= 11 is 5.86.